The van der Waals surface area contributed by atoms with E-state index in [0.29, 0.717) is 12.1 Å². The van der Waals surface area contributed by atoms with Crippen molar-refractivity contribution in [2.45, 2.75) is 11.3 Å². The number of hydrogen-bond donors (Lipinski definition) is 1. The second-order valence-electron chi connectivity index (χ2n) is 7.02. The number of fused-ring (bicyclic) bond motifs is 1. The van der Waals surface area contributed by atoms with Crippen LogP contribution in [-0.2, 0) is 16.4 Å². The van der Waals surface area contributed by atoms with Crippen LogP contribution < -0.4 is 0 Å². The molecule has 5 rings (SSSR count). The molecule has 30 heavy (non-hydrogen) atoms. The van der Waals surface area contributed by atoms with Gasteiger partial charge >= 0.3 is 0 Å². The van der Waals surface area contributed by atoms with Gasteiger partial charge in [-0.05, 0) is 35.7 Å². The normalized spacial score (nSPS) is 11.7. The van der Waals surface area contributed by atoms with Crippen LogP contribution in [0.1, 0.15) is 11.1 Å². The van der Waals surface area contributed by atoms with Crippen molar-refractivity contribution in [2.75, 3.05) is 0 Å². The van der Waals surface area contributed by atoms with E-state index < -0.39 is 10.0 Å². The summed E-state index contributed by atoms with van der Waals surface area (Å²) < 4.78 is 27.9. The van der Waals surface area contributed by atoms with Crippen LogP contribution in [0.4, 0.5) is 0 Å². The number of aromatic amines is 1. The number of nitrogens with zero attached hydrogens (tertiary/aromatic N) is 3. The lowest BCUT2D eigenvalue weighted by molar-refractivity contribution is 0.589. The van der Waals surface area contributed by atoms with Gasteiger partial charge in [0.25, 0.3) is 10.0 Å². The molecule has 1 N–H and O–H groups in total. The van der Waals surface area contributed by atoms with Crippen molar-refractivity contribution in [1.29, 1.82) is 0 Å². The summed E-state index contributed by atoms with van der Waals surface area (Å²) in [7, 11) is -3.78. The minimum absolute atomic E-state index is 0.218. The zero-order valence-corrected chi connectivity index (χ0v) is 16.8. The molecule has 0 atom stereocenters. The number of rotatable bonds is 5. The summed E-state index contributed by atoms with van der Waals surface area (Å²) in [6.07, 6.45) is 7.50. The molecule has 3 heterocycles. The lowest BCUT2D eigenvalue weighted by atomic mass is 10.0. The van der Waals surface area contributed by atoms with Crippen LogP contribution in [0.3, 0.4) is 0 Å². The lowest BCUT2D eigenvalue weighted by Crippen LogP contribution is -2.12. The summed E-state index contributed by atoms with van der Waals surface area (Å²) in [6.45, 7) is 0. The molecule has 148 valence electrons. The average Bonchev–Trinajstić information content (AvgIpc) is 3.43. The van der Waals surface area contributed by atoms with E-state index in [1.165, 1.54) is 9.54 Å². The highest BCUT2D eigenvalue weighted by Gasteiger charge is 2.23. The van der Waals surface area contributed by atoms with Crippen molar-refractivity contribution in [3.8, 4) is 11.1 Å². The van der Waals surface area contributed by atoms with E-state index in [-0.39, 0.29) is 4.90 Å². The van der Waals surface area contributed by atoms with E-state index in [0.717, 1.165) is 22.1 Å². The third-order valence-corrected chi connectivity index (χ3v) is 6.69. The molecule has 0 saturated carbocycles. The van der Waals surface area contributed by atoms with Crippen molar-refractivity contribution in [3.05, 3.63) is 103 Å². The molecule has 0 spiro atoms. The van der Waals surface area contributed by atoms with Gasteiger partial charge in [-0.1, -0.05) is 48.5 Å². The Balaban J connectivity index is 1.70. The minimum atomic E-state index is -3.78. The van der Waals surface area contributed by atoms with Gasteiger partial charge in [0.05, 0.1) is 11.1 Å². The van der Waals surface area contributed by atoms with Crippen molar-refractivity contribution < 1.29 is 8.42 Å². The smallest absolute Gasteiger partial charge is 0.269 e. The highest BCUT2D eigenvalue weighted by molar-refractivity contribution is 7.90. The molecule has 2 aromatic carbocycles. The third-order valence-electron chi connectivity index (χ3n) is 5.03. The first-order valence-corrected chi connectivity index (χ1v) is 10.9. The van der Waals surface area contributed by atoms with E-state index in [1.54, 1.807) is 55.1 Å². The van der Waals surface area contributed by atoms with Gasteiger partial charge in [0.2, 0.25) is 0 Å². The number of benzene rings is 2. The predicted molar refractivity (Wildman–Crippen MR) is 116 cm³/mol. The van der Waals surface area contributed by atoms with Gasteiger partial charge < -0.3 is 0 Å². The highest BCUT2D eigenvalue weighted by Crippen LogP contribution is 2.32. The van der Waals surface area contributed by atoms with Gasteiger partial charge in [-0.2, -0.15) is 5.10 Å². The van der Waals surface area contributed by atoms with Gasteiger partial charge in [0, 0.05) is 35.1 Å². The molecule has 0 amide bonds. The average molecular weight is 414 g/mol. The van der Waals surface area contributed by atoms with Crippen LogP contribution in [0, 0.1) is 0 Å². The van der Waals surface area contributed by atoms with Crippen molar-refractivity contribution in [3.63, 3.8) is 0 Å². The molecule has 0 aliphatic heterocycles. The Bertz CT molecular complexity index is 1410. The maximum atomic E-state index is 13.3. The lowest BCUT2D eigenvalue weighted by Gasteiger charge is -2.07. The van der Waals surface area contributed by atoms with E-state index >= 15 is 0 Å². The Kier molecular flexibility index (Phi) is 4.44. The van der Waals surface area contributed by atoms with E-state index in [4.69, 9.17) is 0 Å². The van der Waals surface area contributed by atoms with Crippen LogP contribution in [0.2, 0.25) is 0 Å². The fraction of sp³-hybridized carbons (Fsp3) is 0.0435. The largest absolute Gasteiger partial charge is 0.285 e. The molecule has 0 radical (unpaired) electrons. The fourth-order valence-electron chi connectivity index (χ4n) is 3.57. The molecule has 0 aliphatic carbocycles. The number of aromatic nitrogens is 4. The Morgan fingerprint density at radius 3 is 2.33 bits per heavy atom. The Hall–Kier alpha value is -3.71. The quantitative estimate of drug-likeness (QED) is 0.466. The van der Waals surface area contributed by atoms with Crippen LogP contribution in [-0.4, -0.2) is 27.6 Å². The molecule has 3 aromatic heterocycles. The van der Waals surface area contributed by atoms with Gasteiger partial charge in [0.15, 0.2) is 5.65 Å². The summed E-state index contributed by atoms with van der Waals surface area (Å²) in [5.41, 5.74) is 4.14. The maximum Gasteiger partial charge on any atom is 0.269 e. The van der Waals surface area contributed by atoms with Crippen LogP contribution in [0.25, 0.3) is 22.2 Å². The van der Waals surface area contributed by atoms with Crippen molar-refractivity contribution >= 4 is 21.1 Å². The van der Waals surface area contributed by atoms with Crippen LogP contribution >= 0.6 is 0 Å². The van der Waals surface area contributed by atoms with Crippen LogP contribution in [0.5, 0.6) is 0 Å². The van der Waals surface area contributed by atoms with E-state index in [1.807, 2.05) is 24.3 Å². The summed E-state index contributed by atoms with van der Waals surface area (Å²) in [5, 5.41) is 7.59. The third kappa shape index (κ3) is 3.19. The molecular formula is C23H18N4O2S. The van der Waals surface area contributed by atoms with Crippen molar-refractivity contribution in [1.82, 2.24) is 19.2 Å². The van der Waals surface area contributed by atoms with Crippen LogP contribution in [0.15, 0.2) is 96.4 Å². The highest BCUT2D eigenvalue weighted by atomic mass is 32.2. The molecular weight excluding hydrogens is 396 g/mol. The van der Waals surface area contributed by atoms with Crippen molar-refractivity contribution in [2.24, 2.45) is 0 Å². The number of pyridine rings is 1. The summed E-state index contributed by atoms with van der Waals surface area (Å²) >= 11 is 0. The molecule has 0 fully saturated rings. The first-order chi connectivity index (χ1) is 14.6. The first kappa shape index (κ1) is 18.3. The second-order valence-corrected chi connectivity index (χ2v) is 8.84. The molecule has 0 bridgehead atoms. The van der Waals surface area contributed by atoms with Gasteiger partial charge in [0.1, 0.15) is 0 Å². The Labute approximate surface area is 173 Å². The van der Waals surface area contributed by atoms with Gasteiger partial charge in [-0.15, -0.1) is 0 Å². The molecule has 5 aromatic rings. The fourth-order valence-corrected chi connectivity index (χ4v) is 4.91. The molecule has 7 heteroatoms. The zero-order valence-electron chi connectivity index (χ0n) is 15.9. The monoisotopic (exact) mass is 414 g/mol. The number of H-pyrrole nitrogens is 1. The maximum absolute atomic E-state index is 13.3. The summed E-state index contributed by atoms with van der Waals surface area (Å²) in [4.78, 5) is 4.77. The minimum Gasteiger partial charge on any atom is -0.285 e. The first-order valence-electron chi connectivity index (χ1n) is 9.46. The Morgan fingerprint density at radius 1 is 0.900 bits per heavy atom. The molecule has 0 unspecified atom stereocenters. The van der Waals surface area contributed by atoms with Gasteiger partial charge in [-0.3, -0.25) is 5.10 Å². The number of hydrogen-bond acceptors (Lipinski definition) is 4. The summed E-state index contributed by atoms with van der Waals surface area (Å²) in [5.74, 6) is 0. The predicted octanol–water partition coefficient (Wildman–Crippen LogP) is 4.25. The Morgan fingerprint density at radius 2 is 1.63 bits per heavy atom. The van der Waals surface area contributed by atoms with E-state index in [9.17, 15) is 8.42 Å². The molecule has 0 aliphatic rings. The van der Waals surface area contributed by atoms with E-state index in [2.05, 4.69) is 27.3 Å². The number of nitrogens with one attached hydrogen (secondary N) is 1. The zero-order chi connectivity index (χ0) is 20.6. The second kappa shape index (κ2) is 7.27. The topological polar surface area (TPSA) is 80.6 Å². The standard InChI is InChI=1S/C23H18N4O2S/c28-30(29,20-9-5-2-6-10-20)27-16-22(19-14-25-26-15-19)21-12-18(13-24-23(21)27)11-17-7-3-1-4-8-17/h1-10,12-16H,11H2,(H,25,26). The molecule has 0 saturated heterocycles. The molecule has 6 nitrogen and oxygen atoms in total. The SMILES string of the molecule is O=S(=O)(c1ccccc1)n1cc(-c2cn[nH]c2)c2cc(Cc3ccccc3)cnc21. The summed E-state index contributed by atoms with van der Waals surface area (Å²) in [6, 6.07) is 20.5. The van der Waals surface area contributed by atoms with Gasteiger partial charge in [-0.25, -0.2) is 17.4 Å².